The summed E-state index contributed by atoms with van der Waals surface area (Å²) in [6, 6.07) is 13.3. The zero-order valence-electron chi connectivity index (χ0n) is 13.7. The summed E-state index contributed by atoms with van der Waals surface area (Å²) in [4.78, 5) is 12.1. The molecule has 0 radical (unpaired) electrons. The van der Waals surface area contributed by atoms with Crippen molar-refractivity contribution in [3.63, 3.8) is 0 Å². The normalized spacial score (nSPS) is 17.2. The van der Waals surface area contributed by atoms with Gasteiger partial charge in [0.05, 0.1) is 6.54 Å². The van der Waals surface area contributed by atoms with Gasteiger partial charge in [-0.3, -0.25) is 4.79 Å². The number of para-hydroxylation sites is 2. The Bertz CT molecular complexity index is 776. The first-order valence-corrected chi connectivity index (χ1v) is 8.31. The molecule has 130 valence electrons. The quantitative estimate of drug-likeness (QED) is 0.904. The molecule has 2 aliphatic rings. The Morgan fingerprint density at radius 1 is 1.00 bits per heavy atom. The van der Waals surface area contributed by atoms with Crippen molar-refractivity contribution in [1.82, 2.24) is 5.32 Å². The predicted molar refractivity (Wildman–Crippen MR) is 90.2 cm³/mol. The van der Waals surface area contributed by atoms with Crippen molar-refractivity contribution >= 4 is 5.91 Å². The summed E-state index contributed by atoms with van der Waals surface area (Å²) >= 11 is 0. The number of carbonyl (C=O) groups excluding carboxylic acids is 1. The van der Waals surface area contributed by atoms with Gasteiger partial charge in [-0.05, 0) is 36.2 Å². The number of ether oxygens (including phenoxy) is 4. The van der Waals surface area contributed by atoms with E-state index in [-0.39, 0.29) is 18.8 Å². The Hall–Kier alpha value is -2.89. The highest BCUT2D eigenvalue weighted by atomic mass is 16.7. The van der Waals surface area contributed by atoms with Crippen LogP contribution in [0.15, 0.2) is 42.5 Å². The summed E-state index contributed by atoms with van der Waals surface area (Å²) in [5, 5.41) is 2.91. The number of rotatable bonds is 5. The van der Waals surface area contributed by atoms with Crippen LogP contribution < -0.4 is 24.3 Å². The smallest absolute Gasteiger partial charge is 0.231 e. The van der Waals surface area contributed by atoms with E-state index in [1.807, 2.05) is 42.5 Å². The lowest BCUT2D eigenvalue weighted by Gasteiger charge is -2.26. The van der Waals surface area contributed by atoms with Crippen LogP contribution in [0.3, 0.4) is 0 Å². The van der Waals surface area contributed by atoms with E-state index in [1.54, 1.807) is 0 Å². The van der Waals surface area contributed by atoms with Gasteiger partial charge in [-0.15, -0.1) is 0 Å². The molecule has 2 heterocycles. The number of hydrogen-bond donors (Lipinski definition) is 1. The summed E-state index contributed by atoms with van der Waals surface area (Å²) in [7, 11) is 0. The molecule has 0 spiro atoms. The van der Waals surface area contributed by atoms with Crippen LogP contribution in [-0.4, -0.2) is 32.0 Å². The first-order chi connectivity index (χ1) is 12.3. The van der Waals surface area contributed by atoms with E-state index in [9.17, 15) is 4.79 Å². The van der Waals surface area contributed by atoms with Crippen LogP contribution in [-0.2, 0) is 11.2 Å². The number of benzene rings is 2. The van der Waals surface area contributed by atoms with Crippen LogP contribution in [0.25, 0.3) is 0 Å². The van der Waals surface area contributed by atoms with Crippen molar-refractivity contribution in [2.75, 3.05) is 19.9 Å². The molecule has 1 amide bonds. The van der Waals surface area contributed by atoms with E-state index in [1.165, 1.54) is 0 Å². The van der Waals surface area contributed by atoms with Crippen LogP contribution >= 0.6 is 0 Å². The van der Waals surface area contributed by atoms with Gasteiger partial charge in [0.2, 0.25) is 12.7 Å². The van der Waals surface area contributed by atoms with E-state index < -0.39 is 0 Å². The molecule has 0 aromatic heterocycles. The van der Waals surface area contributed by atoms with E-state index in [0.29, 0.717) is 31.7 Å². The average molecular weight is 341 g/mol. The Labute approximate surface area is 145 Å². The lowest BCUT2D eigenvalue weighted by molar-refractivity contribution is -0.121. The largest absolute Gasteiger partial charge is 0.486 e. The van der Waals surface area contributed by atoms with Gasteiger partial charge >= 0.3 is 0 Å². The first-order valence-electron chi connectivity index (χ1n) is 8.31. The molecule has 2 aromatic carbocycles. The SMILES string of the molecule is O=C(CCc1ccc2c(c1)OCO2)NC[C@@H]1COc2ccccc2O1. The van der Waals surface area contributed by atoms with Crippen molar-refractivity contribution in [1.29, 1.82) is 0 Å². The number of hydrogen-bond acceptors (Lipinski definition) is 5. The number of amides is 1. The van der Waals surface area contributed by atoms with E-state index in [4.69, 9.17) is 18.9 Å². The topological polar surface area (TPSA) is 66.0 Å². The molecule has 0 saturated heterocycles. The van der Waals surface area contributed by atoms with Gasteiger partial charge in [0.1, 0.15) is 12.7 Å². The van der Waals surface area contributed by atoms with Crippen LogP contribution in [0.1, 0.15) is 12.0 Å². The fourth-order valence-electron chi connectivity index (χ4n) is 2.83. The zero-order chi connectivity index (χ0) is 17.1. The van der Waals surface area contributed by atoms with Crippen molar-refractivity contribution in [3.05, 3.63) is 48.0 Å². The monoisotopic (exact) mass is 341 g/mol. The summed E-state index contributed by atoms with van der Waals surface area (Å²) in [5.74, 6) is 2.94. The molecule has 1 N–H and O–H groups in total. The van der Waals surface area contributed by atoms with Gasteiger partial charge in [-0.25, -0.2) is 0 Å². The molecule has 1 atom stereocenters. The van der Waals surface area contributed by atoms with Crippen LogP contribution in [0, 0.1) is 0 Å². The molecule has 0 unspecified atom stereocenters. The average Bonchev–Trinajstić information content (AvgIpc) is 3.12. The second-order valence-corrected chi connectivity index (χ2v) is 5.99. The van der Waals surface area contributed by atoms with Crippen molar-refractivity contribution in [2.45, 2.75) is 18.9 Å². The lowest BCUT2D eigenvalue weighted by atomic mass is 10.1. The fourth-order valence-corrected chi connectivity index (χ4v) is 2.83. The molecule has 6 nitrogen and oxygen atoms in total. The molecule has 2 aliphatic heterocycles. The van der Waals surface area contributed by atoms with Gasteiger partial charge in [0.15, 0.2) is 23.0 Å². The Kier molecular flexibility index (Phi) is 4.33. The minimum atomic E-state index is -0.176. The maximum Gasteiger partial charge on any atom is 0.231 e. The Balaban J connectivity index is 1.23. The van der Waals surface area contributed by atoms with Crippen LogP contribution in [0.4, 0.5) is 0 Å². The maximum atomic E-state index is 12.1. The van der Waals surface area contributed by atoms with E-state index in [0.717, 1.165) is 22.8 Å². The summed E-state index contributed by atoms with van der Waals surface area (Å²) in [6.07, 6.45) is 0.876. The van der Waals surface area contributed by atoms with Gasteiger partial charge in [-0.1, -0.05) is 18.2 Å². The van der Waals surface area contributed by atoms with Crippen molar-refractivity contribution in [2.24, 2.45) is 0 Å². The third-order valence-electron chi connectivity index (χ3n) is 4.17. The molecule has 4 rings (SSSR count). The second kappa shape index (κ2) is 6.93. The predicted octanol–water partition coefficient (Wildman–Crippen LogP) is 2.30. The minimum Gasteiger partial charge on any atom is -0.486 e. The third-order valence-corrected chi connectivity index (χ3v) is 4.17. The van der Waals surface area contributed by atoms with E-state index in [2.05, 4.69) is 5.32 Å². The number of carbonyl (C=O) groups is 1. The van der Waals surface area contributed by atoms with Crippen molar-refractivity contribution < 1.29 is 23.7 Å². The summed E-state index contributed by atoms with van der Waals surface area (Å²) < 4.78 is 22.1. The second-order valence-electron chi connectivity index (χ2n) is 5.99. The molecule has 0 bridgehead atoms. The molecule has 0 saturated carbocycles. The fraction of sp³-hybridized carbons (Fsp3) is 0.316. The number of aryl methyl sites for hydroxylation is 1. The molecule has 2 aromatic rings. The van der Waals surface area contributed by atoms with Gasteiger partial charge in [0.25, 0.3) is 0 Å². The molecule has 0 fully saturated rings. The highest BCUT2D eigenvalue weighted by Gasteiger charge is 2.21. The third kappa shape index (κ3) is 3.63. The van der Waals surface area contributed by atoms with E-state index >= 15 is 0 Å². The Morgan fingerprint density at radius 2 is 1.80 bits per heavy atom. The maximum absolute atomic E-state index is 12.1. The highest BCUT2D eigenvalue weighted by Crippen LogP contribution is 2.33. The highest BCUT2D eigenvalue weighted by molar-refractivity contribution is 5.76. The summed E-state index contributed by atoms with van der Waals surface area (Å²) in [5.41, 5.74) is 1.05. The van der Waals surface area contributed by atoms with Crippen LogP contribution in [0.5, 0.6) is 23.0 Å². The molecule has 0 aliphatic carbocycles. The lowest BCUT2D eigenvalue weighted by Crippen LogP contribution is -2.40. The standard InChI is InChI=1S/C19H19NO5/c21-19(8-6-13-5-7-16-18(9-13)24-12-23-16)20-10-14-11-22-15-3-1-2-4-17(15)25-14/h1-5,7,9,14H,6,8,10-12H2,(H,20,21)/t14-/m1/s1. The molecular formula is C19H19NO5. The zero-order valence-corrected chi connectivity index (χ0v) is 13.7. The van der Waals surface area contributed by atoms with Crippen molar-refractivity contribution in [3.8, 4) is 23.0 Å². The van der Waals surface area contributed by atoms with Gasteiger partial charge in [-0.2, -0.15) is 0 Å². The number of nitrogens with one attached hydrogen (secondary N) is 1. The van der Waals surface area contributed by atoms with Gasteiger partial charge < -0.3 is 24.3 Å². The van der Waals surface area contributed by atoms with Gasteiger partial charge in [0, 0.05) is 6.42 Å². The Morgan fingerprint density at radius 3 is 2.72 bits per heavy atom. The first kappa shape index (κ1) is 15.6. The number of fused-ring (bicyclic) bond motifs is 2. The molecular weight excluding hydrogens is 322 g/mol. The molecule has 6 heteroatoms. The minimum absolute atomic E-state index is 0.0138. The summed E-state index contributed by atoms with van der Waals surface area (Å²) in [6.45, 7) is 1.11. The molecule has 25 heavy (non-hydrogen) atoms. The van der Waals surface area contributed by atoms with Crippen LogP contribution in [0.2, 0.25) is 0 Å².